The predicted molar refractivity (Wildman–Crippen MR) is 240 cm³/mol. The molecule has 3 atom stereocenters. The number of hydrogen-bond acceptors (Lipinski definition) is 12. The molecule has 5 N–H and O–H groups in total. The van der Waals surface area contributed by atoms with Crippen molar-refractivity contribution in [2.75, 3.05) is 30.7 Å². The number of piperidine rings is 1. The molecule has 2 aromatic heterocycles. The van der Waals surface area contributed by atoms with Gasteiger partial charge >= 0.3 is 5.76 Å². The molecule has 1 aliphatic rings. The van der Waals surface area contributed by atoms with E-state index in [2.05, 4.69) is 32.2 Å². The molecule has 6 rings (SSSR count). The van der Waals surface area contributed by atoms with Crippen molar-refractivity contribution in [1.29, 1.82) is 0 Å². The van der Waals surface area contributed by atoms with Crippen molar-refractivity contribution >= 4 is 63.7 Å². The number of halogens is 3. The van der Waals surface area contributed by atoms with Crippen LogP contribution in [0.15, 0.2) is 66.9 Å². The number of nitrogens with two attached hydrogens (primary N) is 1. The van der Waals surface area contributed by atoms with Crippen LogP contribution in [0.4, 0.5) is 24.7 Å². The molecule has 3 aromatic carbocycles. The van der Waals surface area contributed by atoms with Crippen molar-refractivity contribution in [2.24, 2.45) is 7.05 Å². The quantitative estimate of drug-likeness (QED) is 0.0247. The number of carbonyl (C=O) groups is 5. The molecule has 20 heteroatoms. The molecule has 1 fully saturated rings. The summed E-state index contributed by atoms with van der Waals surface area (Å²) in [6.45, 7) is 1.69. The van der Waals surface area contributed by atoms with Crippen molar-refractivity contribution in [3.05, 3.63) is 94.9 Å². The number of rotatable bonds is 19. The first-order valence-corrected chi connectivity index (χ1v) is 22.1. The number of nitrogens with one attached hydrogen (secondary N) is 3. The molecule has 3 heterocycles. The second kappa shape index (κ2) is 22.2. The van der Waals surface area contributed by atoms with Crippen LogP contribution in [0.3, 0.4) is 0 Å². The standard InChI is InChI=1S/C46H47F3N8O8S/c1-27(28-14-17-31(47)18-15-28)65-37-23-29(16-19-34(37)55-66(63)46(48)49)41-40-42(57(3)54-41)30(24-52-43(40)50)11-8-6-4-5-7-9-22-51-39(60)26-64-36-13-10-12-32(33(36)25-58)45(62)56(2)35-20-21-38(59)53-44(35)61/h10,12-19,23-25,27,35,46,55H,4-7,9,20-22,26H2,1-3H3,(H2,50,52)(H,51,60)(H,53,59,61)/t27-,35?,66?/m0/s1. The largest absolute Gasteiger partial charge is 0.588 e. The van der Waals surface area contributed by atoms with Gasteiger partial charge in [0.2, 0.25) is 11.8 Å². The molecule has 0 bridgehead atoms. The van der Waals surface area contributed by atoms with Crippen molar-refractivity contribution in [3.8, 4) is 34.6 Å². The van der Waals surface area contributed by atoms with E-state index in [0.717, 1.165) is 19.3 Å². The molecule has 0 radical (unpaired) electrons. The third-order valence-electron chi connectivity index (χ3n) is 10.7. The Labute approximate surface area is 381 Å². The van der Waals surface area contributed by atoms with Crippen LogP contribution in [0.25, 0.3) is 22.2 Å². The molecular weight excluding hydrogens is 882 g/mol. The van der Waals surface area contributed by atoms with Gasteiger partial charge < -0.3 is 30.0 Å². The summed E-state index contributed by atoms with van der Waals surface area (Å²) in [6, 6.07) is 13.7. The number of hydrogen-bond donors (Lipinski definition) is 4. The van der Waals surface area contributed by atoms with Crippen LogP contribution < -0.4 is 30.6 Å². The van der Waals surface area contributed by atoms with Gasteiger partial charge in [-0.1, -0.05) is 48.9 Å². The monoisotopic (exact) mass is 928 g/mol. The zero-order chi connectivity index (χ0) is 47.5. The number of carbonyl (C=O) groups excluding carboxylic acids is 5. The van der Waals surface area contributed by atoms with Gasteiger partial charge in [0, 0.05) is 45.2 Å². The summed E-state index contributed by atoms with van der Waals surface area (Å²) in [4.78, 5) is 67.2. The Morgan fingerprint density at radius 3 is 2.59 bits per heavy atom. The smallest absolute Gasteiger partial charge is 0.421 e. The Hall–Kier alpha value is -7.11. The number of ether oxygens (including phenoxy) is 2. The zero-order valence-corrected chi connectivity index (χ0v) is 37.0. The molecule has 16 nitrogen and oxygen atoms in total. The summed E-state index contributed by atoms with van der Waals surface area (Å²) in [6.07, 6.45) is 5.29. The van der Waals surface area contributed by atoms with E-state index in [1.807, 2.05) is 0 Å². The zero-order valence-electron chi connectivity index (χ0n) is 36.2. The predicted octanol–water partition coefficient (Wildman–Crippen LogP) is 5.98. The highest BCUT2D eigenvalue weighted by atomic mass is 32.2. The van der Waals surface area contributed by atoms with Gasteiger partial charge in [-0.05, 0) is 68.1 Å². The molecule has 2 unspecified atom stereocenters. The molecule has 4 amide bonds. The van der Waals surface area contributed by atoms with E-state index in [1.165, 1.54) is 60.5 Å². The Bertz CT molecular complexity index is 2670. The van der Waals surface area contributed by atoms with E-state index in [-0.39, 0.29) is 47.0 Å². The van der Waals surface area contributed by atoms with Crippen LogP contribution >= 0.6 is 0 Å². The fourth-order valence-corrected chi connectivity index (χ4v) is 7.73. The van der Waals surface area contributed by atoms with E-state index in [4.69, 9.17) is 20.3 Å². The topological polar surface area (TPSA) is 223 Å². The first-order valence-electron chi connectivity index (χ1n) is 20.9. The fourth-order valence-electron chi connectivity index (χ4n) is 7.26. The summed E-state index contributed by atoms with van der Waals surface area (Å²) >= 11 is -2.72. The van der Waals surface area contributed by atoms with E-state index in [9.17, 15) is 41.7 Å². The lowest BCUT2D eigenvalue weighted by Gasteiger charge is -2.30. The number of nitrogen functional groups attached to an aromatic ring is 1. The molecule has 66 heavy (non-hydrogen) atoms. The molecule has 0 spiro atoms. The highest BCUT2D eigenvalue weighted by molar-refractivity contribution is 7.93. The van der Waals surface area contributed by atoms with E-state index < -0.39 is 65.3 Å². The number of likely N-dealkylation sites (N-methyl/N-ethyl adjacent to an activating group) is 1. The molecular formula is C46H47F3N8O8S. The average molecular weight is 929 g/mol. The van der Waals surface area contributed by atoms with Gasteiger partial charge in [0.05, 0.1) is 27.6 Å². The highest BCUT2D eigenvalue weighted by Crippen LogP contribution is 2.39. The Balaban J connectivity index is 1.01. The molecule has 0 aliphatic carbocycles. The number of amides is 4. The lowest BCUT2D eigenvalue weighted by molar-refractivity contribution is -0.136. The Morgan fingerprint density at radius 1 is 1.11 bits per heavy atom. The van der Waals surface area contributed by atoms with E-state index in [0.29, 0.717) is 59.0 Å². The number of pyridine rings is 1. The number of unbranched alkanes of at least 4 members (excludes halogenated alkanes) is 4. The van der Waals surface area contributed by atoms with Crippen LogP contribution in [0.5, 0.6) is 11.5 Å². The maximum atomic E-state index is 13.6. The van der Waals surface area contributed by atoms with Gasteiger partial charge in [-0.25, -0.2) is 9.37 Å². The second-order valence-corrected chi connectivity index (χ2v) is 16.4. The Morgan fingerprint density at radius 2 is 1.86 bits per heavy atom. The molecule has 1 saturated heterocycles. The molecule has 346 valence electrons. The van der Waals surface area contributed by atoms with Crippen molar-refractivity contribution in [2.45, 2.75) is 69.8 Å². The van der Waals surface area contributed by atoms with Crippen LogP contribution in [0.2, 0.25) is 0 Å². The summed E-state index contributed by atoms with van der Waals surface area (Å²) in [5.74, 6) is 1.03. The number of aromatic nitrogens is 3. The van der Waals surface area contributed by atoms with Gasteiger partial charge in [0.1, 0.15) is 58.0 Å². The maximum Gasteiger partial charge on any atom is 0.421 e. The van der Waals surface area contributed by atoms with E-state index >= 15 is 0 Å². The first-order chi connectivity index (χ1) is 31.7. The molecule has 0 saturated carbocycles. The maximum absolute atomic E-state index is 13.6. The first kappa shape index (κ1) is 48.3. The lowest BCUT2D eigenvalue weighted by Crippen LogP contribution is -2.53. The number of aldehydes is 1. The lowest BCUT2D eigenvalue weighted by atomic mass is 10.0. The number of imide groups is 1. The summed E-state index contributed by atoms with van der Waals surface area (Å²) < 4.78 is 67.9. The number of fused-ring (bicyclic) bond motifs is 1. The van der Waals surface area contributed by atoms with Gasteiger partial charge in [0.15, 0.2) is 12.9 Å². The van der Waals surface area contributed by atoms with Crippen molar-refractivity contribution in [3.63, 3.8) is 0 Å². The van der Waals surface area contributed by atoms with Crippen molar-refractivity contribution < 1.29 is 51.2 Å². The number of nitrogens with zero attached hydrogens (tertiary/aromatic N) is 4. The number of anilines is 2. The number of alkyl halides is 2. The summed E-state index contributed by atoms with van der Waals surface area (Å²) in [7, 11) is 3.14. The number of benzene rings is 3. The SMILES string of the molecule is C[C@H](Oc1cc(-c2nn(C)c3c(C#CCCCCCCNC(=O)COc4cccc(C(=O)N(C)C5CCC(=O)NC5=O)c4C=O)cnc(N)c23)ccc1N[S+]([O-])C(F)F)c1ccc(F)cc1. The second-order valence-electron chi connectivity index (χ2n) is 15.3. The van der Waals surface area contributed by atoms with Gasteiger partial charge in [-0.3, -0.25) is 34.0 Å². The van der Waals surface area contributed by atoms with Crippen LogP contribution in [-0.2, 0) is 32.8 Å². The fraction of sp³-hybridized carbons (Fsp3) is 0.326. The third kappa shape index (κ3) is 11.8. The number of aryl methyl sites for hydroxylation is 1. The van der Waals surface area contributed by atoms with Gasteiger partial charge in [-0.2, -0.15) is 18.6 Å². The Kier molecular flexibility index (Phi) is 16.3. The normalized spacial score (nSPS) is 14.5. The minimum Gasteiger partial charge on any atom is -0.588 e. The molecule has 1 aliphatic heterocycles. The van der Waals surface area contributed by atoms with Gasteiger partial charge in [-0.15, -0.1) is 0 Å². The minimum absolute atomic E-state index is 0.00705. The van der Waals surface area contributed by atoms with Crippen molar-refractivity contribution in [1.82, 2.24) is 30.3 Å². The summed E-state index contributed by atoms with van der Waals surface area (Å²) in [5.41, 5.74) is 9.09. The average Bonchev–Trinajstić information content (AvgIpc) is 3.66. The van der Waals surface area contributed by atoms with Crippen LogP contribution in [0, 0.1) is 17.7 Å². The third-order valence-corrected chi connectivity index (χ3v) is 11.5. The van der Waals surface area contributed by atoms with Crippen LogP contribution in [0.1, 0.15) is 89.8 Å². The van der Waals surface area contributed by atoms with Gasteiger partial charge in [0.25, 0.3) is 11.8 Å². The van der Waals surface area contributed by atoms with Crippen LogP contribution in [-0.4, -0.2) is 86.1 Å². The highest BCUT2D eigenvalue weighted by Gasteiger charge is 2.34. The summed E-state index contributed by atoms with van der Waals surface area (Å²) in [5, 5.41) is 10.2. The molecule has 5 aromatic rings. The van der Waals surface area contributed by atoms with E-state index in [1.54, 1.807) is 37.0 Å². The minimum atomic E-state index is -3.16.